The lowest BCUT2D eigenvalue weighted by molar-refractivity contribution is -0.117. The van der Waals surface area contributed by atoms with Gasteiger partial charge in [0, 0.05) is 41.4 Å². The molecule has 5 rings (SSSR count). The molecular formula is C25H24N4OS2. The van der Waals surface area contributed by atoms with Crippen molar-refractivity contribution in [1.29, 1.82) is 0 Å². The van der Waals surface area contributed by atoms with E-state index in [0.717, 1.165) is 47.5 Å². The molecule has 1 amide bonds. The third-order valence-electron chi connectivity index (χ3n) is 5.53. The van der Waals surface area contributed by atoms with Crippen LogP contribution < -0.4 is 10.2 Å². The van der Waals surface area contributed by atoms with Gasteiger partial charge in [-0.25, -0.2) is 0 Å². The molecule has 0 saturated carbocycles. The molecule has 2 heterocycles. The third kappa shape index (κ3) is 4.80. The fourth-order valence-corrected chi connectivity index (χ4v) is 5.60. The lowest BCUT2D eigenvalue weighted by Gasteiger charge is -2.34. The van der Waals surface area contributed by atoms with E-state index in [1.54, 1.807) is 23.3 Å². The fourth-order valence-electron chi connectivity index (χ4n) is 3.89. The molecule has 5 nitrogen and oxygen atoms in total. The van der Waals surface area contributed by atoms with Crippen LogP contribution in [-0.4, -0.2) is 47.9 Å². The van der Waals surface area contributed by atoms with Crippen molar-refractivity contribution in [1.82, 2.24) is 9.27 Å². The summed E-state index contributed by atoms with van der Waals surface area (Å²) in [4.78, 5) is 19.5. The molecule has 3 aromatic carbocycles. The van der Waals surface area contributed by atoms with Crippen LogP contribution >= 0.6 is 23.3 Å². The molecule has 0 aliphatic carbocycles. The molecule has 0 radical (unpaired) electrons. The third-order valence-corrected chi connectivity index (χ3v) is 7.43. The number of benzene rings is 3. The van der Waals surface area contributed by atoms with Crippen molar-refractivity contribution < 1.29 is 4.79 Å². The summed E-state index contributed by atoms with van der Waals surface area (Å²) in [5.74, 6) is 1.10. The molecule has 4 aromatic rings. The van der Waals surface area contributed by atoms with E-state index in [0.29, 0.717) is 6.54 Å². The SMILES string of the molecule is O=C(CN1CCN(c2nsc3ccccc23)CC1)Nc1ccccc1Sc1ccccc1. The second-order valence-corrected chi connectivity index (χ2v) is 9.65. The Morgan fingerprint density at radius 2 is 1.62 bits per heavy atom. The quantitative estimate of drug-likeness (QED) is 0.428. The van der Waals surface area contributed by atoms with Crippen LogP contribution in [0, 0.1) is 0 Å². The summed E-state index contributed by atoms with van der Waals surface area (Å²) in [6.45, 7) is 3.85. The first-order valence-electron chi connectivity index (χ1n) is 10.7. The van der Waals surface area contributed by atoms with Crippen LogP contribution in [-0.2, 0) is 4.79 Å². The van der Waals surface area contributed by atoms with Crippen molar-refractivity contribution in [3.63, 3.8) is 0 Å². The van der Waals surface area contributed by atoms with Gasteiger partial charge in [-0.15, -0.1) is 0 Å². The van der Waals surface area contributed by atoms with Crippen LogP contribution in [0.25, 0.3) is 10.1 Å². The maximum Gasteiger partial charge on any atom is 0.238 e. The average molecular weight is 461 g/mol. The molecule has 0 unspecified atom stereocenters. The number of nitrogens with zero attached hydrogens (tertiary/aromatic N) is 3. The van der Waals surface area contributed by atoms with Crippen LogP contribution in [0.5, 0.6) is 0 Å². The molecule has 0 spiro atoms. The molecule has 1 aliphatic heterocycles. The molecule has 7 heteroatoms. The zero-order chi connectivity index (χ0) is 21.8. The minimum atomic E-state index is 0.0265. The minimum Gasteiger partial charge on any atom is -0.353 e. The van der Waals surface area contributed by atoms with Crippen LogP contribution in [0.15, 0.2) is 88.7 Å². The lowest BCUT2D eigenvalue weighted by atomic mass is 10.2. The van der Waals surface area contributed by atoms with E-state index in [4.69, 9.17) is 0 Å². The van der Waals surface area contributed by atoms with Gasteiger partial charge >= 0.3 is 0 Å². The number of carbonyl (C=O) groups is 1. The Labute approximate surface area is 196 Å². The lowest BCUT2D eigenvalue weighted by Crippen LogP contribution is -2.48. The van der Waals surface area contributed by atoms with E-state index in [2.05, 4.69) is 55.9 Å². The number of amides is 1. The Hall–Kier alpha value is -2.87. The van der Waals surface area contributed by atoms with Gasteiger partial charge in [0.05, 0.1) is 16.9 Å². The van der Waals surface area contributed by atoms with Gasteiger partial charge in [-0.1, -0.05) is 54.2 Å². The Bertz CT molecular complexity index is 1200. The highest BCUT2D eigenvalue weighted by Gasteiger charge is 2.22. The predicted octanol–water partition coefficient (Wildman–Crippen LogP) is 5.21. The first kappa shape index (κ1) is 21.0. The molecule has 162 valence electrons. The number of rotatable bonds is 6. The van der Waals surface area contributed by atoms with Gasteiger partial charge in [-0.2, -0.15) is 4.37 Å². The summed E-state index contributed by atoms with van der Waals surface area (Å²) in [6.07, 6.45) is 0. The number of fused-ring (bicyclic) bond motifs is 1. The first-order chi connectivity index (χ1) is 15.8. The van der Waals surface area contributed by atoms with E-state index < -0.39 is 0 Å². The summed E-state index contributed by atoms with van der Waals surface area (Å²) in [5, 5.41) is 4.33. The number of hydrogen-bond donors (Lipinski definition) is 1. The molecule has 1 saturated heterocycles. The Morgan fingerprint density at radius 1 is 0.906 bits per heavy atom. The van der Waals surface area contributed by atoms with Gasteiger partial charge in [-0.05, 0) is 47.9 Å². The van der Waals surface area contributed by atoms with E-state index in [1.807, 2.05) is 42.5 Å². The van der Waals surface area contributed by atoms with Crippen LogP contribution in [0.1, 0.15) is 0 Å². The maximum atomic E-state index is 12.8. The largest absolute Gasteiger partial charge is 0.353 e. The number of carbonyl (C=O) groups excluding carboxylic acids is 1. The van der Waals surface area contributed by atoms with E-state index in [1.165, 1.54) is 10.1 Å². The maximum absolute atomic E-state index is 12.8. The smallest absolute Gasteiger partial charge is 0.238 e. The summed E-state index contributed by atoms with van der Waals surface area (Å²) in [7, 11) is 0. The normalized spacial score (nSPS) is 14.6. The molecule has 0 atom stereocenters. The second kappa shape index (κ2) is 9.73. The number of piperazine rings is 1. The van der Waals surface area contributed by atoms with Gasteiger partial charge in [0.2, 0.25) is 5.91 Å². The molecular weight excluding hydrogens is 436 g/mol. The van der Waals surface area contributed by atoms with Gasteiger partial charge in [0.1, 0.15) is 5.82 Å². The van der Waals surface area contributed by atoms with Crippen molar-refractivity contribution in [3.05, 3.63) is 78.9 Å². The van der Waals surface area contributed by atoms with Crippen LogP contribution in [0.3, 0.4) is 0 Å². The van der Waals surface area contributed by atoms with Crippen molar-refractivity contribution in [2.45, 2.75) is 9.79 Å². The summed E-state index contributed by atoms with van der Waals surface area (Å²) < 4.78 is 5.89. The van der Waals surface area contributed by atoms with Crippen molar-refractivity contribution in [2.75, 3.05) is 42.9 Å². The van der Waals surface area contributed by atoms with Crippen molar-refractivity contribution in [3.8, 4) is 0 Å². The Kier molecular flexibility index (Phi) is 6.39. The number of anilines is 2. The standard InChI is InChI=1S/C25H24N4OS2/c30-24(26-21-11-5-7-13-23(21)31-19-8-2-1-3-9-19)18-28-14-16-29(17-15-28)25-20-10-4-6-12-22(20)32-27-25/h1-13H,14-18H2,(H,26,30). The average Bonchev–Trinajstić information content (AvgIpc) is 3.26. The van der Waals surface area contributed by atoms with Gasteiger partial charge in [0.25, 0.3) is 0 Å². The minimum absolute atomic E-state index is 0.0265. The molecule has 1 N–H and O–H groups in total. The van der Waals surface area contributed by atoms with Crippen LogP contribution in [0.4, 0.5) is 11.5 Å². The topological polar surface area (TPSA) is 48.5 Å². The second-order valence-electron chi connectivity index (χ2n) is 7.72. The monoisotopic (exact) mass is 460 g/mol. The summed E-state index contributed by atoms with van der Waals surface area (Å²) >= 11 is 3.21. The molecule has 0 bridgehead atoms. The Balaban J connectivity index is 1.17. The zero-order valence-electron chi connectivity index (χ0n) is 17.6. The fraction of sp³-hybridized carbons (Fsp3) is 0.200. The highest BCUT2D eigenvalue weighted by atomic mass is 32.2. The molecule has 1 aromatic heterocycles. The first-order valence-corrected chi connectivity index (χ1v) is 12.3. The van der Waals surface area contributed by atoms with Gasteiger partial charge < -0.3 is 10.2 Å². The number of nitrogens with one attached hydrogen (secondary N) is 1. The van der Waals surface area contributed by atoms with Gasteiger partial charge in [0.15, 0.2) is 0 Å². The predicted molar refractivity (Wildman–Crippen MR) is 134 cm³/mol. The van der Waals surface area contributed by atoms with Crippen molar-refractivity contribution >= 4 is 50.8 Å². The van der Waals surface area contributed by atoms with Crippen molar-refractivity contribution in [2.24, 2.45) is 0 Å². The molecule has 1 aliphatic rings. The Morgan fingerprint density at radius 3 is 2.47 bits per heavy atom. The number of para-hydroxylation sites is 1. The number of hydrogen-bond acceptors (Lipinski definition) is 6. The van der Waals surface area contributed by atoms with E-state index in [-0.39, 0.29) is 5.91 Å². The highest BCUT2D eigenvalue weighted by molar-refractivity contribution is 7.99. The highest BCUT2D eigenvalue weighted by Crippen LogP contribution is 2.33. The van der Waals surface area contributed by atoms with E-state index >= 15 is 0 Å². The molecule has 32 heavy (non-hydrogen) atoms. The summed E-state index contributed by atoms with van der Waals surface area (Å²) in [5.41, 5.74) is 0.860. The van der Waals surface area contributed by atoms with Gasteiger partial charge in [-0.3, -0.25) is 9.69 Å². The van der Waals surface area contributed by atoms with Crippen LogP contribution in [0.2, 0.25) is 0 Å². The van der Waals surface area contributed by atoms with E-state index in [9.17, 15) is 4.79 Å². The zero-order valence-corrected chi connectivity index (χ0v) is 19.2. The summed E-state index contributed by atoms with van der Waals surface area (Å²) in [6, 6.07) is 26.6. The molecule has 1 fully saturated rings. The number of aromatic nitrogens is 1.